The van der Waals surface area contributed by atoms with Crippen LogP contribution in [0, 0.1) is 5.92 Å². The highest BCUT2D eigenvalue weighted by Gasteiger charge is 2.22. The van der Waals surface area contributed by atoms with E-state index in [0.717, 1.165) is 17.4 Å². The molecule has 1 unspecified atom stereocenters. The van der Waals surface area contributed by atoms with E-state index in [-0.39, 0.29) is 30.0 Å². The molecule has 1 aromatic rings. The Kier molecular flexibility index (Phi) is 5.24. The summed E-state index contributed by atoms with van der Waals surface area (Å²) >= 11 is 3.29. The first-order valence-corrected chi connectivity index (χ1v) is 5.96. The van der Waals surface area contributed by atoms with E-state index in [1.807, 2.05) is 0 Å². The Balaban J connectivity index is 0.00000144. The normalized spacial score (nSPS) is 18.5. The largest absolute Gasteiger partial charge is 0.506 e. The van der Waals surface area contributed by atoms with Gasteiger partial charge in [0.25, 0.3) is 0 Å². The van der Waals surface area contributed by atoms with E-state index in [1.54, 1.807) is 18.2 Å². The number of hydrogen-bond donors (Lipinski definition) is 3. The fourth-order valence-electron chi connectivity index (χ4n) is 1.72. The van der Waals surface area contributed by atoms with Crippen LogP contribution in [0.1, 0.15) is 6.42 Å². The summed E-state index contributed by atoms with van der Waals surface area (Å²) < 4.78 is 0.824. The van der Waals surface area contributed by atoms with Gasteiger partial charge in [0, 0.05) is 11.0 Å². The number of carbonyl (C=O) groups is 1. The number of rotatable bonds is 2. The van der Waals surface area contributed by atoms with Crippen molar-refractivity contribution >= 4 is 39.9 Å². The third-order valence-corrected chi connectivity index (χ3v) is 3.14. The summed E-state index contributed by atoms with van der Waals surface area (Å²) in [5, 5.41) is 15.4. The van der Waals surface area contributed by atoms with Crippen molar-refractivity contribution in [3.8, 4) is 5.75 Å². The van der Waals surface area contributed by atoms with Crippen molar-refractivity contribution in [2.75, 3.05) is 18.4 Å². The van der Waals surface area contributed by atoms with Gasteiger partial charge in [-0.25, -0.2) is 0 Å². The lowest BCUT2D eigenvalue weighted by Gasteiger charge is -2.11. The number of phenolic OH excluding ortho intramolecular Hbond substituents is 1. The maximum Gasteiger partial charge on any atom is 0.228 e. The minimum atomic E-state index is -0.0431. The zero-order chi connectivity index (χ0) is 11.5. The van der Waals surface area contributed by atoms with Gasteiger partial charge in [-0.3, -0.25) is 4.79 Å². The first kappa shape index (κ1) is 14.3. The third kappa shape index (κ3) is 3.59. The summed E-state index contributed by atoms with van der Waals surface area (Å²) in [6.07, 6.45) is 0.848. The Morgan fingerprint density at radius 1 is 1.53 bits per heavy atom. The molecule has 0 aliphatic carbocycles. The molecule has 94 valence electrons. The summed E-state index contributed by atoms with van der Waals surface area (Å²) in [7, 11) is 0. The monoisotopic (exact) mass is 320 g/mol. The molecule has 1 fully saturated rings. The quantitative estimate of drug-likeness (QED) is 0.731. The van der Waals surface area contributed by atoms with Crippen LogP contribution in [0.15, 0.2) is 22.7 Å². The molecule has 17 heavy (non-hydrogen) atoms. The fraction of sp³-hybridized carbons (Fsp3) is 0.364. The molecule has 0 saturated carbocycles. The second-order valence-electron chi connectivity index (χ2n) is 3.84. The van der Waals surface area contributed by atoms with Crippen molar-refractivity contribution in [3.63, 3.8) is 0 Å². The number of benzene rings is 1. The average Bonchev–Trinajstić information content (AvgIpc) is 2.76. The van der Waals surface area contributed by atoms with Crippen molar-refractivity contribution in [1.82, 2.24) is 5.32 Å². The van der Waals surface area contributed by atoms with Crippen molar-refractivity contribution in [2.45, 2.75) is 6.42 Å². The number of phenols is 1. The second kappa shape index (κ2) is 6.23. The maximum absolute atomic E-state index is 11.8. The topological polar surface area (TPSA) is 61.4 Å². The Bertz CT molecular complexity index is 408. The smallest absolute Gasteiger partial charge is 0.228 e. The van der Waals surface area contributed by atoms with Crippen molar-refractivity contribution in [3.05, 3.63) is 22.7 Å². The number of hydrogen-bond acceptors (Lipinski definition) is 3. The number of nitrogens with one attached hydrogen (secondary N) is 2. The van der Waals surface area contributed by atoms with Gasteiger partial charge < -0.3 is 15.7 Å². The molecule has 1 aliphatic heterocycles. The summed E-state index contributed by atoms with van der Waals surface area (Å²) in [6, 6.07) is 4.96. The highest BCUT2D eigenvalue weighted by molar-refractivity contribution is 9.10. The molecule has 1 aromatic carbocycles. The fourth-order valence-corrected chi connectivity index (χ4v) is 2.08. The molecule has 1 aliphatic rings. The van der Waals surface area contributed by atoms with Crippen LogP contribution >= 0.6 is 28.3 Å². The molecule has 1 saturated heterocycles. The SMILES string of the molecule is Cl.O=C(Nc1cc(Br)ccc1O)C1CCNC1. The van der Waals surface area contributed by atoms with Gasteiger partial charge in [-0.1, -0.05) is 15.9 Å². The molecule has 1 heterocycles. The Morgan fingerprint density at radius 3 is 2.94 bits per heavy atom. The van der Waals surface area contributed by atoms with E-state index in [1.165, 1.54) is 0 Å². The van der Waals surface area contributed by atoms with Crippen molar-refractivity contribution in [2.24, 2.45) is 5.92 Å². The van der Waals surface area contributed by atoms with Gasteiger partial charge in [0.1, 0.15) is 5.75 Å². The molecule has 4 nitrogen and oxygen atoms in total. The number of anilines is 1. The van der Waals surface area contributed by atoms with E-state index in [4.69, 9.17) is 0 Å². The maximum atomic E-state index is 11.8. The van der Waals surface area contributed by atoms with Crippen LogP contribution in [0.3, 0.4) is 0 Å². The molecule has 3 N–H and O–H groups in total. The lowest BCUT2D eigenvalue weighted by molar-refractivity contribution is -0.119. The van der Waals surface area contributed by atoms with Crippen LogP contribution in [-0.4, -0.2) is 24.1 Å². The lowest BCUT2D eigenvalue weighted by Crippen LogP contribution is -2.24. The van der Waals surface area contributed by atoms with E-state index in [0.29, 0.717) is 12.2 Å². The zero-order valence-electron chi connectivity index (χ0n) is 9.07. The van der Waals surface area contributed by atoms with Gasteiger partial charge in [-0.05, 0) is 31.2 Å². The number of amides is 1. The van der Waals surface area contributed by atoms with Crippen LogP contribution in [0.4, 0.5) is 5.69 Å². The molecule has 0 radical (unpaired) electrons. The zero-order valence-corrected chi connectivity index (χ0v) is 11.5. The molecule has 6 heteroatoms. The van der Waals surface area contributed by atoms with Gasteiger partial charge in [-0.2, -0.15) is 0 Å². The van der Waals surface area contributed by atoms with Crippen LogP contribution in [0.5, 0.6) is 5.75 Å². The molecule has 1 atom stereocenters. The van der Waals surface area contributed by atoms with Crippen molar-refractivity contribution < 1.29 is 9.90 Å². The predicted octanol–water partition coefficient (Wildman–Crippen LogP) is 2.12. The predicted molar refractivity (Wildman–Crippen MR) is 72.7 cm³/mol. The molecule has 1 amide bonds. The van der Waals surface area contributed by atoms with Gasteiger partial charge >= 0.3 is 0 Å². The van der Waals surface area contributed by atoms with Crippen LogP contribution in [0.25, 0.3) is 0 Å². The number of halogens is 2. The van der Waals surface area contributed by atoms with Gasteiger partial charge in [0.05, 0.1) is 11.6 Å². The van der Waals surface area contributed by atoms with Crippen LogP contribution < -0.4 is 10.6 Å². The lowest BCUT2D eigenvalue weighted by atomic mass is 10.1. The highest BCUT2D eigenvalue weighted by atomic mass is 79.9. The van der Waals surface area contributed by atoms with Crippen molar-refractivity contribution in [1.29, 1.82) is 0 Å². The Hall–Kier alpha value is -0.780. The van der Waals surface area contributed by atoms with E-state index in [2.05, 4.69) is 26.6 Å². The minimum Gasteiger partial charge on any atom is -0.506 e. The van der Waals surface area contributed by atoms with E-state index in [9.17, 15) is 9.90 Å². The molecule has 0 spiro atoms. The number of aromatic hydroxyl groups is 1. The van der Waals surface area contributed by atoms with Crippen LogP contribution in [0.2, 0.25) is 0 Å². The summed E-state index contributed by atoms with van der Waals surface area (Å²) in [5.41, 5.74) is 0.450. The first-order valence-electron chi connectivity index (χ1n) is 5.17. The standard InChI is InChI=1S/C11H13BrN2O2.ClH/c12-8-1-2-10(15)9(5-8)14-11(16)7-3-4-13-6-7;/h1-2,5,7,13,15H,3-4,6H2,(H,14,16);1H. The van der Waals surface area contributed by atoms with Gasteiger partial charge in [-0.15, -0.1) is 12.4 Å². The molecular formula is C11H14BrClN2O2. The Morgan fingerprint density at radius 2 is 2.29 bits per heavy atom. The molecule has 0 bridgehead atoms. The minimum absolute atomic E-state index is 0. The van der Waals surface area contributed by atoms with Gasteiger partial charge in [0.15, 0.2) is 0 Å². The Labute approximate surface area is 114 Å². The van der Waals surface area contributed by atoms with Crippen LogP contribution in [-0.2, 0) is 4.79 Å². The molecular weight excluding hydrogens is 307 g/mol. The summed E-state index contributed by atoms with van der Waals surface area (Å²) in [4.78, 5) is 11.8. The summed E-state index contributed by atoms with van der Waals surface area (Å²) in [5.74, 6) is 0.0410. The van der Waals surface area contributed by atoms with E-state index < -0.39 is 0 Å². The second-order valence-corrected chi connectivity index (χ2v) is 4.76. The molecule has 0 aromatic heterocycles. The highest BCUT2D eigenvalue weighted by Crippen LogP contribution is 2.27. The van der Waals surface area contributed by atoms with Gasteiger partial charge in [0.2, 0.25) is 5.91 Å². The van der Waals surface area contributed by atoms with E-state index >= 15 is 0 Å². The average molecular weight is 322 g/mol. The first-order chi connectivity index (χ1) is 7.66. The summed E-state index contributed by atoms with van der Waals surface area (Å²) in [6.45, 7) is 1.59. The third-order valence-electron chi connectivity index (χ3n) is 2.65. The number of carbonyl (C=O) groups excluding carboxylic acids is 1. The molecule has 2 rings (SSSR count).